The number of piperidine rings is 1. The Morgan fingerprint density at radius 2 is 2.11 bits per heavy atom. The molecular formula is C14H20N2O2. The lowest BCUT2D eigenvalue weighted by Gasteiger charge is -2.24. The van der Waals surface area contributed by atoms with Gasteiger partial charge < -0.3 is 20.1 Å². The minimum atomic E-state index is -0.548. The number of anilines is 1. The zero-order chi connectivity index (χ0) is 12.6. The second kappa shape index (κ2) is 4.35. The van der Waals surface area contributed by atoms with Crippen LogP contribution >= 0.6 is 0 Å². The first kappa shape index (κ1) is 11.7. The van der Waals surface area contributed by atoms with Gasteiger partial charge in [-0.25, -0.2) is 0 Å². The standard InChI is InChI=1S/C14H20N2O2/c1-14(2)17-12-6-5-10(8-13(12)18-14)16-11-4-3-7-15-9-11/h5-6,8,11,15-16H,3-4,7,9H2,1-2H3. The summed E-state index contributed by atoms with van der Waals surface area (Å²) in [5.41, 5.74) is 1.10. The molecule has 1 saturated heterocycles. The predicted molar refractivity (Wildman–Crippen MR) is 71.3 cm³/mol. The minimum absolute atomic E-state index is 0.507. The summed E-state index contributed by atoms with van der Waals surface area (Å²) in [4.78, 5) is 0. The quantitative estimate of drug-likeness (QED) is 0.843. The van der Waals surface area contributed by atoms with E-state index in [-0.39, 0.29) is 0 Å². The lowest BCUT2D eigenvalue weighted by Crippen LogP contribution is -2.38. The summed E-state index contributed by atoms with van der Waals surface area (Å²) >= 11 is 0. The van der Waals surface area contributed by atoms with Crippen molar-refractivity contribution in [3.8, 4) is 11.5 Å². The van der Waals surface area contributed by atoms with Gasteiger partial charge >= 0.3 is 0 Å². The molecule has 4 nitrogen and oxygen atoms in total. The Hall–Kier alpha value is -1.42. The third kappa shape index (κ3) is 2.38. The Morgan fingerprint density at radius 1 is 1.28 bits per heavy atom. The Morgan fingerprint density at radius 3 is 2.89 bits per heavy atom. The molecule has 1 atom stereocenters. The number of rotatable bonds is 2. The van der Waals surface area contributed by atoms with Crippen molar-refractivity contribution in [2.75, 3.05) is 18.4 Å². The Bertz CT molecular complexity index is 439. The van der Waals surface area contributed by atoms with Gasteiger partial charge in [0.2, 0.25) is 5.79 Å². The lowest BCUT2D eigenvalue weighted by molar-refractivity contribution is -0.0431. The van der Waals surface area contributed by atoms with Gasteiger partial charge in [-0.1, -0.05) is 0 Å². The SMILES string of the molecule is CC1(C)Oc2ccc(NC3CCCNC3)cc2O1. The van der Waals surface area contributed by atoms with E-state index < -0.39 is 5.79 Å². The second-order valence-electron chi connectivity index (χ2n) is 5.45. The van der Waals surface area contributed by atoms with E-state index in [0.717, 1.165) is 30.3 Å². The Balaban J connectivity index is 1.71. The lowest BCUT2D eigenvalue weighted by atomic mass is 10.1. The van der Waals surface area contributed by atoms with Crippen molar-refractivity contribution < 1.29 is 9.47 Å². The summed E-state index contributed by atoms with van der Waals surface area (Å²) < 4.78 is 11.4. The largest absolute Gasteiger partial charge is 0.449 e. The van der Waals surface area contributed by atoms with E-state index in [1.54, 1.807) is 0 Å². The first-order chi connectivity index (χ1) is 8.62. The monoisotopic (exact) mass is 248 g/mol. The van der Waals surface area contributed by atoms with Gasteiger partial charge in [0.15, 0.2) is 11.5 Å². The van der Waals surface area contributed by atoms with Crippen molar-refractivity contribution in [1.29, 1.82) is 0 Å². The zero-order valence-electron chi connectivity index (χ0n) is 11.0. The van der Waals surface area contributed by atoms with Gasteiger partial charge in [-0.15, -0.1) is 0 Å². The van der Waals surface area contributed by atoms with Crippen LogP contribution in [0, 0.1) is 0 Å². The molecule has 0 amide bonds. The molecule has 2 aliphatic rings. The minimum Gasteiger partial charge on any atom is -0.449 e. The fraction of sp³-hybridized carbons (Fsp3) is 0.571. The first-order valence-electron chi connectivity index (χ1n) is 6.62. The number of nitrogens with one attached hydrogen (secondary N) is 2. The summed E-state index contributed by atoms with van der Waals surface area (Å²) in [6.45, 7) is 6.00. The molecule has 18 heavy (non-hydrogen) atoms. The molecule has 1 aromatic rings. The molecule has 0 aromatic heterocycles. The van der Waals surface area contributed by atoms with Crippen LogP contribution in [0.1, 0.15) is 26.7 Å². The van der Waals surface area contributed by atoms with Gasteiger partial charge in [-0.05, 0) is 31.5 Å². The van der Waals surface area contributed by atoms with E-state index in [9.17, 15) is 0 Å². The van der Waals surface area contributed by atoms with Crippen molar-refractivity contribution in [1.82, 2.24) is 5.32 Å². The average Bonchev–Trinajstić information content (AvgIpc) is 2.63. The maximum Gasteiger partial charge on any atom is 0.246 e. The molecule has 1 unspecified atom stereocenters. The fourth-order valence-electron chi connectivity index (χ4n) is 2.52. The summed E-state index contributed by atoms with van der Waals surface area (Å²) in [5, 5.41) is 6.94. The summed E-state index contributed by atoms with van der Waals surface area (Å²) in [6, 6.07) is 6.56. The van der Waals surface area contributed by atoms with Crippen LogP contribution in [0.3, 0.4) is 0 Å². The maximum atomic E-state index is 5.75. The molecule has 0 saturated carbocycles. The number of ether oxygens (including phenoxy) is 2. The van der Waals surface area contributed by atoms with Gasteiger partial charge in [0.1, 0.15) is 0 Å². The topological polar surface area (TPSA) is 42.5 Å². The van der Waals surface area contributed by atoms with Gasteiger partial charge in [0.05, 0.1) is 0 Å². The molecule has 2 N–H and O–H groups in total. The molecule has 2 aliphatic heterocycles. The normalized spacial score (nSPS) is 24.9. The Kier molecular flexibility index (Phi) is 2.82. The number of fused-ring (bicyclic) bond motifs is 1. The highest BCUT2D eigenvalue weighted by molar-refractivity contribution is 5.56. The second-order valence-corrected chi connectivity index (χ2v) is 5.45. The zero-order valence-corrected chi connectivity index (χ0v) is 11.0. The van der Waals surface area contributed by atoms with Crippen LogP contribution in [0.25, 0.3) is 0 Å². The molecule has 2 heterocycles. The molecule has 0 spiro atoms. The van der Waals surface area contributed by atoms with E-state index in [1.165, 1.54) is 12.8 Å². The number of hydrogen-bond donors (Lipinski definition) is 2. The molecule has 98 valence electrons. The molecule has 0 radical (unpaired) electrons. The third-order valence-electron chi connectivity index (χ3n) is 3.32. The predicted octanol–water partition coefficient (Wildman–Crippen LogP) is 2.36. The van der Waals surface area contributed by atoms with E-state index in [0.29, 0.717) is 6.04 Å². The number of hydrogen-bond acceptors (Lipinski definition) is 4. The van der Waals surface area contributed by atoms with Gasteiger partial charge in [0.25, 0.3) is 0 Å². The van der Waals surface area contributed by atoms with Crippen LogP contribution in [0.5, 0.6) is 11.5 Å². The van der Waals surface area contributed by atoms with Crippen molar-refractivity contribution in [2.24, 2.45) is 0 Å². The van der Waals surface area contributed by atoms with Gasteiger partial charge in [-0.3, -0.25) is 0 Å². The van der Waals surface area contributed by atoms with Gasteiger partial charge in [-0.2, -0.15) is 0 Å². The Labute approximate surface area is 108 Å². The molecule has 3 rings (SSSR count). The van der Waals surface area contributed by atoms with E-state index in [4.69, 9.17) is 9.47 Å². The van der Waals surface area contributed by atoms with Crippen LogP contribution in [0.4, 0.5) is 5.69 Å². The highest BCUT2D eigenvalue weighted by Gasteiger charge is 2.31. The smallest absolute Gasteiger partial charge is 0.246 e. The van der Waals surface area contributed by atoms with Crippen molar-refractivity contribution >= 4 is 5.69 Å². The molecule has 0 bridgehead atoms. The van der Waals surface area contributed by atoms with Crippen LogP contribution in [0.2, 0.25) is 0 Å². The summed E-state index contributed by atoms with van der Waals surface area (Å²) in [7, 11) is 0. The summed E-state index contributed by atoms with van der Waals surface area (Å²) in [5.74, 6) is 1.11. The van der Waals surface area contributed by atoms with Gasteiger partial charge in [0, 0.05) is 38.2 Å². The molecular weight excluding hydrogens is 228 g/mol. The third-order valence-corrected chi connectivity index (χ3v) is 3.32. The van der Waals surface area contributed by atoms with Crippen LogP contribution in [-0.2, 0) is 0 Å². The summed E-state index contributed by atoms with van der Waals surface area (Å²) in [6.07, 6.45) is 2.45. The van der Waals surface area contributed by atoms with Crippen molar-refractivity contribution in [2.45, 2.75) is 38.5 Å². The van der Waals surface area contributed by atoms with Crippen molar-refractivity contribution in [3.05, 3.63) is 18.2 Å². The highest BCUT2D eigenvalue weighted by Crippen LogP contribution is 2.40. The fourth-order valence-corrected chi connectivity index (χ4v) is 2.52. The van der Waals surface area contributed by atoms with E-state index in [2.05, 4.69) is 16.7 Å². The van der Waals surface area contributed by atoms with E-state index >= 15 is 0 Å². The van der Waals surface area contributed by atoms with Crippen LogP contribution in [-0.4, -0.2) is 24.9 Å². The molecule has 4 heteroatoms. The van der Waals surface area contributed by atoms with Crippen LogP contribution in [0.15, 0.2) is 18.2 Å². The van der Waals surface area contributed by atoms with E-state index in [1.807, 2.05) is 26.0 Å². The molecule has 0 aliphatic carbocycles. The van der Waals surface area contributed by atoms with Crippen molar-refractivity contribution in [3.63, 3.8) is 0 Å². The molecule has 1 aromatic carbocycles. The average molecular weight is 248 g/mol. The number of benzene rings is 1. The molecule has 1 fully saturated rings. The van der Waals surface area contributed by atoms with Crippen LogP contribution < -0.4 is 20.1 Å². The highest BCUT2D eigenvalue weighted by atomic mass is 16.7. The first-order valence-corrected chi connectivity index (χ1v) is 6.62. The maximum absolute atomic E-state index is 5.75.